The fraction of sp³-hybridized carbons (Fsp3) is 0.765. The van der Waals surface area contributed by atoms with Crippen molar-refractivity contribution in [3.8, 4) is 0 Å². The number of nitrogens with zero attached hydrogens (tertiary/aromatic N) is 1. The molecule has 10 nitrogen and oxygen atoms in total. The van der Waals surface area contributed by atoms with Gasteiger partial charge in [0, 0.05) is 6.54 Å². The van der Waals surface area contributed by atoms with E-state index in [0.29, 0.717) is 31.6 Å². The fourth-order valence-electron chi connectivity index (χ4n) is 2.94. The Morgan fingerprint density at radius 3 is 2.39 bits per heavy atom. The van der Waals surface area contributed by atoms with Gasteiger partial charge in [-0.2, -0.15) is 11.8 Å². The summed E-state index contributed by atoms with van der Waals surface area (Å²) in [7, 11) is 0. The molecule has 0 aliphatic carbocycles. The Hall–Kier alpha value is -1.85. The molecule has 11 heteroatoms. The van der Waals surface area contributed by atoms with Crippen LogP contribution in [0.3, 0.4) is 0 Å². The highest BCUT2D eigenvalue weighted by molar-refractivity contribution is 7.98. The summed E-state index contributed by atoms with van der Waals surface area (Å²) in [5.74, 6) is -2.23. The molecule has 0 bridgehead atoms. The number of carbonyl (C=O) groups is 4. The molecule has 0 aromatic carbocycles. The molecule has 1 aliphatic rings. The molecule has 0 aromatic heterocycles. The molecule has 1 rings (SSSR count). The van der Waals surface area contributed by atoms with Gasteiger partial charge in [-0.05, 0) is 45.1 Å². The van der Waals surface area contributed by atoms with E-state index in [1.54, 1.807) is 0 Å². The number of carboxylic acid groups (broad SMARTS) is 1. The SMILES string of the molecule is CSCCC(NC(=O)C(C)N)C(=O)N1CCCC1C(=O)NC(C(=O)O)C(C)O. The van der Waals surface area contributed by atoms with Crippen LogP contribution in [0, 0.1) is 0 Å². The number of likely N-dealkylation sites (tertiary alicyclic amines) is 1. The van der Waals surface area contributed by atoms with Gasteiger partial charge in [-0.25, -0.2) is 4.79 Å². The summed E-state index contributed by atoms with van der Waals surface area (Å²) < 4.78 is 0. The highest BCUT2D eigenvalue weighted by Gasteiger charge is 2.39. The van der Waals surface area contributed by atoms with E-state index in [1.165, 1.54) is 30.5 Å². The van der Waals surface area contributed by atoms with E-state index >= 15 is 0 Å². The first kappa shape index (κ1) is 24.2. The molecule has 1 aliphatic heterocycles. The zero-order valence-corrected chi connectivity index (χ0v) is 17.2. The van der Waals surface area contributed by atoms with E-state index in [1.807, 2.05) is 6.26 Å². The molecule has 0 radical (unpaired) electrons. The van der Waals surface area contributed by atoms with Gasteiger partial charge in [0.1, 0.15) is 12.1 Å². The van der Waals surface area contributed by atoms with E-state index in [-0.39, 0.29) is 0 Å². The van der Waals surface area contributed by atoms with Gasteiger partial charge in [0.25, 0.3) is 0 Å². The minimum Gasteiger partial charge on any atom is -0.480 e. The summed E-state index contributed by atoms with van der Waals surface area (Å²) in [5.41, 5.74) is 5.57. The molecule has 28 heavy (non-hydrogen) atoms. The largest absolute Gasteiger partial charge is 0.480 e. The second kappa shape index (κ2) is 11.2. The van der Waals surface area contributed by atoms with Crippen LogP contribution < -0.4 is 16.4 Å². The molecule has 0 spiro atoms. The summed E-state index contributed by atoms with van der Waals surface area (Å²) in [6.45, 7) is 3.10. The van der Waals surface area contributed by atoms with Crippen LogP contribution in [-0.2, 0) is 19.2 Å². The maximum absolute atomic E-state index is 13.0. The molecule has 3 amide bonds. The van der Waals surface area contributed by atoms with Gasteiger partial charge in [0.05, 0.1) is 12.1 Å². The Bertz CT molecular complexity index is 586. The predicted octanol–water partition coefficient (Wildman–Crippen LogP) is -1.49. The second-order valence-electron chi connectivity index (χ2n) is 6.89. The predicted molar refractivity (Wildman–Crippen MR) is 105 cm³/mol. The Balaban J connectivity index is 2.91. The van der Waals surface area contributed by atoms with Gasteiger partial charge >= 0.3 is 5.97 Å². The normalized spacial score (nSPS) is 20.8. The average molecular weight is 419 g/mol. The number of aliphatic hydroxyl groups excluding tert-OH is 1. The zero-order chi connectivity index (χ0) is 21.4. The summed E-state index contributed by atoms with van der Waals surface area (Å²) in [5, 5.41) is 23.6. The highest BCUT2D eigenvalue weighted by Crippen LogP contribution is 2.20. The maximum atomic E-state index is 13.0. The van der Waals surface area contributed by atoms with Crippen molar-refractivity contribution in [2.75, 3.05) is 18.6 Å². The molecular weight excluding hydrogens is 388 g/mol. The Kier molecular flexibility index (Phi) is 9.70. The van der Waals surface area contributed by atoms with Crippen LogP contribution in [-0.4, -0.2) is 87.6 Å². The van der Waals surface area contributed by atoms with Crippen molar-refractivity contribution < 1.29 is 29.4 Å². The van der Waals surface area contributed by atoms with Crippen molar-refractivity contribution in [3.05, 3.63) is 0 Å². The summed E-state index contributed by atoms with van der Waals surface area (Å²) in [6, 6.07) is -3.90. The summed E-state index contributed by atoms with van der Waals surface area (Å²) in [4.78, 5) is 50.1. The van der Waals surface area contributed by atoms with Gasteiger partial charge in [-0.15, -0.1) is 0 Å². The summed E-state index contributed by atoms with van der Waals surface area (Å²) in [6.07, 6.45) is 1.93. The molecule has 1 heterocycles. The van der Waals surface area contributed by atoms with Crippen molar-refractivity contribution in [2.45, 2.75) is 63.4 Å². The molecule has 5 unspecified atom stereocenters. The molecule has 1 saturated heterocycles. The molecule has 160 valence electrons. The molecular formula is C17H30N4O6S. The maximum Gasteiger partial charge on any atom is 0.328 e. The quantitative estimate of drug-likeness (QED) is 0.287. The first-order chi connectivity index (χ1) is 13.1. The Labute approximate surface area is 168 Å². The smallest absolute Gasteiger partial charge is 0.328 e. The topological polar surface area (TPSA) is 162 Å². The Morgan fingerprint density at radius 2 is 1.89 bits per heavy atom. The van der Waals surface area contributed by atoms with Crippen LogP contribution in [0.5, 0.6) is 0 Å². The first-order valence-corrected chi connectivity index (χ1v) is 10.6. The van der Waals surface area contributed by atoms with Crippen LogP contribution in [0.25, 0.3) is 0 Å². The van der Waals surface area contributed by atoms with E-state index < -0.39 is 54.0 Å². The zero-order valence-electron chi connectivity index (χ0n) is 16.4. The van der Waals surface area contributed by atoms with Gasteiger partial charge in [0.2, 0.25) is 17.7 Å². The van der Waals surface area contributed by atoms with Gasteiger partial charge in [0.15, 0.2) is 6.04 Å². The van der Waals surface area contributed by atoms with Crippen LogP contribution in [0.1, 0.15) is 33.1 Å². The third-order valence-corrected chi connectivity index (χ3v) is 5.17. The lowest BCUT2D eigenvalue weighted by molar-refractivity contribution is -0.147. The van der Waals surface area contributed by atoms with E-state index in [4.69, 9.17) is 10.8 Å². The second-order valence-corrected chi connectivity index (χ2v) is 7.87. The molecule has 1 fully saturated rings. The minimum absolute atomic E-state index is 0.327. The Morgan fingerprint density at radius 1 is 1.25 bits per heavy atom. The number of amides is 3. The standard InChI is InChI=1S/C17H30N4O6S/c1-9(18)14(23)19-11(6-8-28-3)16(25)21-7-4-5-12(21)15(24)20-13(10(2)22)17(26)27/h9-13,22H,4-8,18H2,1-3H3,(H,19,23)(H,20,24)(H,26,27). The third-order valence-electron chi connectivity index (χ3n) is 4.52. The lowest BCUT2D eigenvalue weighted by Gasteiger charge is -2.30. The van der Waals surface area contributed by atoms with Crippen molar-refractivity contribution >= 4 is 35.5 Å². The molecule has 6 N–H and O–H groups in total. The van der Waals surface area contributed by atoms with Gasteiger partial charge in [-0.3, -0.25) is 14.4 Å². The van der Waals surface area contributed by atoms with Gasteiger partial charge < -0.3 is 31.5 Å². The first-order valence-electron chi connectivity index (χ1n) is 9.16. The number of hydrogen-bond acceptors (Lipinski definition) is 7. The van der Waals surface area contributed by atoms with Crippen molar-refractivity contribution in [1.29, 1.82) is 0 Å². The highest BCUT2D eigenvalue weighted by atomic mass is 32.2. The lowest BCUT2D eigenvalue weighted by atomic mass is 10.1. The number of hydrogen-bond donors (Lipinski definition) is 5. The number of thioether (sulfide) groups is 1. The van der Waals surface area contributed by atoms with Crippen LogP contribution in [0.2, 0.25) is 0 Å². The number of carbonyl (C=O) groups excluding carboxylic acids is 3. The number of aliphatic hydroxyl groups is 1. The number of nitrogens with one attached hydrogen (secondary N) is 2. The fourth-order valence-corrected chi connectivity index (χ4v) is 3.41. The number of aliphatic carboxylic acids is 1. The third kappa shape index (κ3) is 6.64. The molecule has 0 saturated carbocycles. The van der Waals surface area contributed by atoms with E-state index in [9.17, 15) is 24.3 Å². The molecule has 0 aromatic rings. The number of rotatable bonds is 10. The minimum atomic E-state index is -1.46. The van der Waals surface area contributed by atoms with Crippen LogP contribution >= 0.6 is 11.8 Å². The monoisotopic (exact) mass is 418 g/mol. The van der Waals surface area contributed by atoms with Gasteiger partial charge in [-0.1, -0.05) is 0 Å². The average Bonchev–Trinajstić information content (AvgIpc) is 3.11. The summed E-state index contributed by atoms with van der Waals surface area (Å²) >= 11 is 1.52. The van der Waals surface area contributed by atoms with Crippen LogP contribution in [0.4, 0.5) is 0 Å². The molecule has 5 atom stereocenters. The van der Waals surface area contributed by atoms with Crippen LogP contribution in [0.15, 0.2) is 0 Å². The van der Waals surface area contributed by atoms with Crippen molar-refractivity contribution in [3.63, 3.8) is 0 Å². The lowest BCUT2D eigenvalue weighted by Crippen LogP contribution is -2.57. The van der Waals surface area contributed by atoms with Crippen molar-refractivity contribution in [1.82, 2.24) is 15.5 Å². The van der Waals surface area contributed by atoms with E-state index in [2.05, 4.69) is 10.6 Å². The number of nitrogens with two attached hydrogens (primary N) is 1. The van der Waals surface area contributed by atoms with E-state index in [0.717, 1.165) is 0 Å². The number of carboxylic acids is 1. The van der Waals surface area contributed by atoms with Crippen molar-refractivity contribution in [2.24, 2.45) is 5.73 Å².